The molecular weight excluding hydrogens is 224 g/mol. The fourth-order valence-corrected chi connectivity index (χ4v) is 2.00. The Morgan fingerprint density at radius 1 is 0.722 bits per heavy atom. The van der Waals surface area contributed by atoms with E-state index in [9.17, 15) is 0 Å². The largest absolute Gasteiger partial charge is 0.268 e. The molecule has 4 heteroatoms. The first-order chi connectivity index (χ1) is 8.92. The summed E-state index contributed by atoms with van der Waals surface area (Å²) in [4.78, 5) is 0. The van der Waals surface area contributed by atoms with E-state index in [4.69, 9.17) is 0 Å². The molecule has 0 spiro atoms. The minimum absolute atomic E-state index is 0.796. The van der Waals surface area contributed by atoms with Crippen molar-refractivity contribution < 1.29 is 0 Å². The van der Waals surface area contributed by atoms with E-state index in [1.165, 1.54) is 11.1 Å². The lowest BCUT2D eigenvalue weighted by molar-refractivity contribution is 0.652. The van der Waals surface area contributed by atoms with Gasteiger partial charge in [-0.3, -0.25) is 9.36 Å². The van der Waals surface area contributed by atoms with Gasteiger partial charge in [0.2, 0.25) is 0 Å². The third-order valence-electron chi connectivity index (χ3n) is 2.90. The highest BCUT2D eigenvalue weighted by Gasteiger charge is 2.03. The Balaban J connectivity index is 1.85. The standard InChI is InChI=1S/C14H14N4/c1-2-6-14(12-18-10-4-8-16-18)13(5-1)11-17-9-3-7-15-17/h1-10H,11-12H2. The van der Waals surface area contributed by atoms with Crippen molar-refractivity contribution in [1.82, 2.24) is 19.6 Å². The van der Waals surface area contributed by atoms with Crippen molar-refractivity contribution in [3.05, 3.63) is 72.3 Å². The molecule has 0 unspecified atom stereocenters. The first-order valence-corrected chi connectivity index (χ1v) is 5.93. The number of benzene rings is 1. The molecule has 0 aliphatic heterocycles. The molecule has 18 heavy (non-hydrogen) atoms. The summed E-state index contributed by atoms with van der Waals surface area (Å²) in [5.74, 6) is 0. The highest BCUT2D eigenvalue weighted by Crippen LogP contribution is 2.11. The first-order valence-electron chi connectivity index (χ1n) is 5.93. The number of hydrogen-bond acceptors (Lipinski definition) is 2. The second-order valence-corrected chi connectivity index (χ2v) is 4.18. The van der Waals surface area contributed by atoms with Crippen molar-refractivity contribution in [3.63, 3.8) is 0 Å². The Labute approximate surface area is 105 Å². The van der Waals surface area contributed by atoms with Crippen LogP contribution in [0.15, 0.2) is 61.2 Å². The summed E-state index contributed by atoms with van der Waals surface area (Å²) < 4.78 is 3.86. The third kappa shape index (κ3) is 2.32. The van der Waals surface area contributed by atoms with E-state index >= 15 is 0 Å². The summed E-state index contributed by atoms with van der Waals surface area (Å²) >= 11 is 0. The van der Waals surface area contributed by atoms with Crippen LogP contribution in [-0.4, -0.2) is 19.6 Å². The summed E-state index contributed by atoms with van der Waals surface area (Å²) in [7, 11) is 0. The maximum atomic E-state index is 4.24. The summed E-state index contributed by atoms with van der Waals surface area (Å²) in [6.45, 7) is 1.59. The Hall–Kier alpha value is -2.36. The van der Waals surface area contributed by atoms with Crippen LogP contribution in [0.5, 0.6) is 0 Å². The van der Waals surface area contributed by atoms with Gasteiger partial charge in [0.05, 0.1) is 13.1 Å². The molecule has 2 heterocycles. The van der Waals surface area contributed by atoms with Gasteiger partial charge < -0.3 is 0 Å². The molecule has 90 valence electrons. The van der Waals surface area contributed by atoms with Crippen molar-refractivity contribution in [2.45, 2.75) is 13.1 Å². The van der Waals surface area contributed by atoms with Crippen LogP contribution in [0.2, 0.25) is 0 Å². The van der Waals surface area contributed by atoms with E-state index in [-0.39, 0.29) is 0 Å². The van der Waals surface area contributed by atoms with E-state index in [0.717, 1.165) is 13.1 Å². The number of hydrogen-bond donors (Lipinski definition) is 0. The minimum atomic E-state index is 0.796. The van der Waals surface area contributed by atoms with E-state index in [2.05, 4.69) is 34.5 Å². The van der Waals surface area contributed by atoms with E-state index in [0.29, 0.717) is 0 Å². The average Bonchev–Trinajstić information content (AvgIpc) is 3.05. The lowest BCUT2D eigenvalue weighted by Crippen LogP contribution is -2.07. The van der Waals surface area contributed by atoms with Crippen LogP contribution in [0.4, 0.5) is 0 Å². The molecule has 0 aliphatic rings. The van der Waals surface area contributed by atoms with Gasteiger partial charge in [0.1, 0.15) is 0 Å². The molecule has 0 N–H and O–H groups in total. The van der Waals surface area contributed by atoms with Crippen LogP contribution in [0.25, 0.3) is 0 Å². The SMILES string of the molecule is c1ccc(Cn2cccn2)c(Cn2cccn2)c1. The van der Waals surface area contributed by atoms with Gasteiger partial charge in [0.25, 0.3) is 0 Å². The molecule has 1 aromatic carbocycles. The van der Waals surface area contributed by atoms with Crippen LogP contribution >= 0.6 is 0 Å². The highest BCUT2D eigenvalue weighted by molar-refractivity contribution is 5.27. The van der Waals surface area contributed by atoms with Gasteiger partial charge in [-0.15, -0.1) is 0 Å². The summed E-state index contributed by atoms with van der Waals surface area (Å²) in [5.41, 5.74) is 2.55. The maximum absolute atomic E-state index is 4.24. The van der Waals surface area contributed by atoms with Gasteiger partial charge in [-0.2, -0.15) is 10.2 Å². The molecule has 0 fully saturated rings. The van der Waals surface area contributed by atoms with E-state index in [1.54, 1.807) is 12.4 Å². The van der Waals surface area contributed by atoms with E-state index in [1.807, 2.05) is 33.9 Å². The van der Waals surface area contributed by atoms with Crippen molar-refractivity contribution in [2.24, 2.45) is 0 Å². The zero-order valence-corrected chi connectivity index (χ0v) is 9.98. The molecule has 3 rings (SSSR count). The normalized spacial score (nSPS) is 10.7. The Morgan fingerprint density at radius 3 is 1.61 bits per heavy atom. The minimum Gasteiger partial charge on any atom is -0.268 e. The third-order valence-corrected chi connectivity index (χ3v) is 2.90. The van der Waals surface area contributed by atoms with Crippen molar-refractivity contribution >= 4 is 0 Å². The predicted octanol–water partition coefficient (Wildman–Crippen LogP) is 2.18. The maximum Gasteiger partial charge on any atom is 0.0662 e. The Morgan fingerprint density at radius 2 is 1.22 bits per heavy atom. The zero-order chi connectivity index (χ0) is 12.2. The molecule has 0 radical (unpaired) electrons. The Bertz CT molecular complexity index is 541. The smallest absolute Gasteiger partial charge is 0.0662 e. The monoisotopic (exact) mass is 238 g/mol. The van der Waals surface area contributed by atoms with Crippen LogP contribution in [-0.2, 0) is 13.1 Å². The molecule has 0 atom stereocenters. The first kappa shape index (κ1) is 10.8. The number of nitrogens with zero attached hydrogens (tertiary/aromatic N) is 4. The molecule has 2 aromatic heterocycles. The van der Waals surface area contributed by atoms with Gasteiger partial charge in [0.15, 0.2) is 0 Å². The Kier molecular flexibility index (Phi) is 2.92. The summed E-state index contributed by atoms with van der Waals surface area (Å²) in [6, 6.07) is 12.3. The van der Waals surface area contributed by atoms with Gasteiger partial charge in [-0.05, 0) is 23.3 Å². The van der Waals surface area contributed by atoms with E-state index < -0.39 is 0 Å². The molecule has 0 aliphatic carbocycles. The van der Waals surface area contributed by atoms with Gasteiger partial charge in [0, 0.05) is 24.8 Å². The zero-order valence-electron chi connectivity index (χ0n) is 9.98. The number of aromatic nitrogens is 4. The fraction of sp³-hybridized carbons (Fsp3) is 0.143. The molecule has 0 bridgehead atoms. The quantitative estimate of drug-likeness (QED) is 0.698. The van der Waals surface area contributed by atoms with Gasteiger partial charge in [-0.25, -0.2) is 0 Å². The lowest BCUT2D eigenvalue weighted by Gasteiger charge is -2.09. The summed E-state index contributed by atoms with van der Waals surface area (Å²) in [5, 5.41) is 8.49. The van der Waals surface area contributed by atoms with Crippen LogP contribution in [0.1, 0.15) is 11.1 Å². The van der Waals surface area contributed by atoms with Gasteiger partial charge >= 0.3 is 0 Å². The number of rotatable bonds is 4. The second-order valence-electron chi connectivity index (χ2n) is 4.18. The highest BCUT2D eigenvalue weighted by atomic mass is 15.3. The average molecular weight is 238 g/mol. The molecular formula is C14H14N4. The molecule has 4 nitrogen and oxygen atoms in total. The van der Waals surface area contributed by atoms with Crippen LogP contribution in [0, 0.1) is 0 Å². The van der Waals surface area contributed by atoms with Gasteiger partial charge in [-0.1, -0.05) is 24.3 Å². The summed E-state index contributed by atoms with van der Waals surface area (Å²) in [6.07, 6.45) is 7.56. The van der Waals surface area contributed by atoms with Crippen molar-refractivity contribution in [2.75, 3.05) is 0 Å². The van der Waals surface area contributed by atoms with Crippen molar-refractivity contribution in [1.29, 1.82) is 0 Å². The molecule has 0 saturated heterocycles. The topological polar surface area (TPSA) is 35.6 Å². The van der Waals surface area contributed by atoms with Crippen molar-refractivity contribution in [3.8, 4) is 0 Å². The second kappa shape index (κ2) is 4.87. The lowest BCUT2D eigenvalue weighted by atomic mass is 10.1. The molecule has 0 amide bonds. The molecule has 3 aromatic rings. The predicted molar refractivity (Wildman–Crippen MR) is 69.1 cm³/mol. The fourth-order valence-electron chi connectivity index (χ4n) is 2.00. The van der Waals surface area contributed by atoms with Crippen LogP contribution < -0.4 is 0 Å². The molecule has 0 saturated carbocycles. The van der Waals surface area contributed by atoms with Crippen LogP contribution in [0.3, 0.4) is 0 Å².